The summed E-state index contributed by atoms with van der Waals surface area (Å²) in [4.78, 5) is 4.43. The first-order chi connectivity index (χ1) is 13.1. The van der Waals surface area contributed by atoms with E-state index < -0.39 is 0 Å². The molecule has 1 atom stereocenters. The van der Waals surface area contributed by atoms with Gasteiger partial charge in [-0.15, -0.1) is 0 Å². The predicted octanol–water partition coefficient (Wildman–Crippen LogP) is 5.10. The third-order valence-corrected chi connectivity index (χ3v) is 4.77. The van der Waals surface area contributed by atoms with Gasteiger partial charge in [0, 0.05) is 25.2 Å². The van der Waals surface area contributed by atoms with Gasteiger partial charge in [0.05, 0.1) is 24.0 Å². The van der Waals surface area contributed by atoms with E-state index >= 15 is 0 Å². The molecule has 4 nitrogen and oxygen atoms in total. The molecule has 1 heterocycles. The summed E-state index contributed by atoms with van der Waals surface area (Å²) in [6.07, 6.45) is 14.3. The summed E-state index contributed by atoms with van der Waals surface area (Å²) in [5.74, 6) is 0. The first kappa shape index (κ1) is 20.4. The summed E-state index contributed by atoms with van der Waals surface area (Å²) in [5.41, 5.74) is 5.79. The van der Waals surface area contributed by atoms with Crippen molar-refractivity contribution in [3.63, 3.8) is 0 Å². The van der Waals surface area contributed by atoms with Crippen LogP contribution in [0.2, 0.25) is 0 Å². The van der Waals surface area contributed by atoms with Gasteiger partial charge in [0.15, 0.2) is 0 Å². The van der Waals surface area contributed by atoms with Crippen LogP contribution in [0.3, 0.4) is 0 Å². The maximum Gasteiger partial charge on any atom is 0.0702 e. The van der Waals surface area contributed by atoms with Crippen molar-refractivity contribution in [1.82, 2.24) is 5.01 Å². The fraction of sp³-hybridized carbons (Fsp3) is 0.348. The minimum absolute atomic E-state index is 0.228. The standard InChI is InChI=1S/C23H28N4/c1-5-21-16-20(11-9-14-24)17-26-27(21)15-7-6-13-23(25-4)22-12-8-10-18(2)19(22)3/h6-8,10,12-13,15-17,21H,5,9,11H2,1-4H3/b13-6-,15-7+,25-23?. The molecule has 4 heteroatoms. The molecule has 0 N–H and O–H groups in total. The fourth-order valence-electron chi connectivity index (χ4n) is 2.99. The molecular formula is C23H28N4. The molecule has 0 amide bonds. The monoisotopic (exact) mass is 360 g/mol. The molecule has 140 valence electrons. The minimum atomic E-state index is 0.228. The van der Waals surface area contributed by atoms with Gasteiger partial charge in [-0.05, 0) is 55.5 Å². The zero-order valence-electron chi connectivity index (χ0n) is 16.7. The number of rotatable bonds is 7. The zero-order valence-corrected chi connectivity index (χ0v) is 16.7. The van der Waals surface area contributed by atoms with Crippen LogP contribution < -0.4 is 0 Å². The Morgan fingerprint density at radius 3 is 2.85 bits per heavy atom. The van der Waals surface area contributed by atoms with Crippen molar-refractivity contribution in [2.75, 3.05) is 7.05 Å². The number of hydrazone groups is 1. The van der Waals surface area contributed by atoms with Crippen LogP contribution in [-0.2, 0) is 0 Å². The lowest BCUT2D eigenvalue weighted by Gasteiger charge is -2.26. The van der Waals surface area contributed by atoms with Crippen molar-refractivity contribution < 1.29 is 0 Å². The van der Waals surface area contributed by atoms with Crippen molar-refractivity contribution in [3.05, 3.63) is 71.0 Å². The number of nitriles is 1. The van der Waals surface area contributed by atoms with Crippen LogP contribution in [0.15, 0.2) is 64.4 Å². The van der Waals surface area contributed by atoms with Crippen LogP contribution in [0, 0.1) is 25.2 Å². The van der Waals surface area contributed by atoms with Gasteiger partial charge in [0.2, 0.25) is 0 Å². The number of allylic oxidation sites excluding steroid dienone is 4. The van der Waals surface area contributed by atoms with Gasteiger partial charge in [0.25, 0.3) is 0 Å². The molecule has 0 aliphatic carbocycles. The number of hydrogen-bond acceptors (Lipinski definition) is 4. The van der Waals surface area contributed by atoms with Gasteiger partial charge in [-0.1, -0.05) is 37.3 Å². The van der Waals surface area contributed by atoms with E-state index in [0.717, 1.165) is 29.7 Å². The van der Waals surface area contributed by atoms with Crippen LogP contribution in [0.1, 0.15) is 42.9 Å². The maximum atomic E-state index is 8.73. The Morgan fingerprint density at radius 2 is 2.15 bits per heavy atom. The van der Waals surface area contributed by atoms with Crippen LogP contribution >= 0.6 is 0 Å². The van der Waals surface area contributed by atoms with Gasteiger partial charge < -0.3 is 0 Å². The summed E-state index contributed by atoms with van der Waals surface area (Å²) >= 11 is 0. The lowest BCUT2D eigenvalue weighted by molar-refractivity contribution is 0.324. The van der Waals surface area contributed by atoms with E-state index in [9.17, 15) is 0 Å². The molecular weight excluding hydrogens is 332 g/mol. The lowest BCUT2D eigenvalue weighted by Crippen LogP contribution is -2.27. The number of nitrogens with zero attached hydrogens (tertiary/aromatic N) is 4. The number of aliphatic imine (C=N–C) groups is 1. The number of aryl methyl sites for hydroxylation is 1. The lowest BCUT2D eigenvalue weighted by atomic mass is 9.99. The highest BCUT2D eigenvalue weighted by Gasteiger charge is 2.14. The van der Waals surface area contributed by atoms with E-state index in [1.807, 2.05) is 42.7 Å². The molecule has 1 aliphatic rings. The van der Waals surface area contributed by atoms with Gasteiger partial charge in [0.1, 0.15) is 0 Å². The molecule has 2 rings (SSSR count). The van der Waals surface area contributed by atoms with Crippen molar-refractivity contribution in [2.45, 2.75) is 46.1 Å². The third-order valence-electron chi connectivity index (χ3n) is 4.77. The van der Waals surface area contributed by atoms with E-state index in [-0.39, 0.29) is 6.04 Å². The van der Waals surface area contributed by atoms with Gasteiger partial charge in [-0.25, -0.2) is 0 Å². The molecule has 1 unspecified atom stereocenters. The second kappa shape index (κ2) is 10.3. The SMILES string of the molecule is CCC1C=C(CCC#N)C=NN1/C=C/C=C\C(=NC)c1cccc(C)c1C. The first-order valence-corrected chi connectivity index (χ1v) is 9.38. The molecule has 27 heavy (non-hydrogen) atoms. The van der Waals surface area contributed by atoms with E-state index in [4.69, 9.17) is 5.26 Å². The fourth-order valence-corrected chi connectivity index (χ4v) is 2.99. The van der Waals surface area contributed by atoms with Crippen molar-refractivity contribution >= 4 is 11.9 Å². The second-order valence-corrected chi connectivity index (χ2v) is 6.56. The summed E-state index contributed by atoms with van der Waals surface area (Å²) < 4.78 is 0. The molecule has 0 saturated heterocycles. The quantitative estimate of drug-likeness (QED) is 0.501. The van der Waals surface area contributed by atoms with E-state index in [1.165, 1.54) is 11.1 Å². The highest BCUT2D eigenvalue weighted by molar-refractivity contribution is 6.09. The highest BCUT2D eigenvalue weighted by Crippen LogP contribution is 2.17. The summed E-state index contributed by atoms with van der Waals surface area (Å²) in [5, 5.41) is 15.2. The average Bonchev–Trinajstić information content (AvgIpc) is 2.69. The summed E-state index contributed by atoms with van der Waals surface area (Å²) in [7, 11) is 1.82. The summed E-state index contributed by atoms with van der Waals surface area (Å²) in [6, 6.07) is 8.71. The zero-order chi connectivity index (χ0) is 19.6. The second-order valence-electron chi connectivity index (χ2n) is 6.56. The highest BCUT2D eigenvalue weighted by atomic mass is 15.5. The van der Waals surface area contributed by atoms with Crippen LogP contribution in [0.4, 0.5) is 0 Å². The molecule has 1 aliphatic heterocycles. The molecule has 1 aromatic rings. The molecule has 0 spiro atoms. The Morgan fingerprint density at radius 1 is 1.33 bits per heavy atom. The molecule has 0 saturated carbocycles. The van der Waals surface area contributed by atoms with E-state index in [2.05, 4.69) is 61.2 Å². The average molecular weight is 361 g/mol. The van der Waals surface area contributed by atoms with Crippen LogP contribution in [0.25, 0.3) is 0 Å². The normalized spacial score (nSPS) is 17.6. The van der Waals surface area contributed by atoms with Gasteiger partial charge >= 0.3 is 0 Å². The molecule has 0 radical (unpaired) electrons. The Kier molecular flexibility index (Phi) is 7.76. The van der Waals surface area contributed by atoms with Gasteiger partial charge in [-0.2, -0.15) is 10.4 Å². The Bertz CT molecular complexity index is 834. The molecule has 0 bridgehead atoms. The first-order valence-electron chi connectivity index (χ1n) is 9.38. The molecule has 0 fully saturated rings. The van der Waals surface area contributed by atoms with Crippen molar-refractivity contribution in [3.8, 4) is 6.07 Å². The van der Waals surface area contributed by atoms with E-state index in [0.29, 0.717) is 6.42 Å². The Balaban J connectivity index is 2.06. The van der Waals surface area contributed by atoms with E-state index in [1.54, 1.807) is 0 Å². The van der Waals surface area contributed by atoms with Crippen LogP contribution in [-0.4, -0.2) is 30.0 Å². The number of hydrogen-bond donors (Lipinski definition) is 0. The largest absolute Gasteiger partial charge is 0.288 e. The third kappa shape index (κ3) is 5.52. The van der Waals surface area contributed by atoms with Gasteiger partial charge in [-0.3, -0.25) is 10.0 Å². The van der Waals surface area contributed by atoms with Crippen LogP contribution in [0.5, 0.6) is 0 Å². The topological polar surface area (TPSA) is 51.8 Å². The molecule has 0 aromatic heterocycles. The van der Waals surface area contributed by atoms with Crippen molar-refractivity contribution in [2.24, 2.45) is 10.1 Å². The van der Waals surface area contributed by atoms with Crippen molar-refractivity contribution in [1.29, 1.82) is 5.26 Å². The minimum Gasteiger partial charge on any atom is -0.288 e. The predicted molar refractivity (Wildman–Crippen MR) is 114 cm³/mol. The molecule has 1 aromatic carbocycles. The number of benzene rings is 1. The maximum absolute atomic E-state index is 8.73. The smallest absolute Gasteiger partial charge is 0.0702 e. The summed E-state index contributed by atoms with van der Waals surface area (Å²) in [6.45, 7) is 6.39. The Hall–Kier alpha value is -2.93. The Labute approximate surface area is 162 Å².